The summed E-state index contributed by atoms with van der Waals surface area (Å²) in [6.07, 6.45) is 2.66. The molecule has 1 rings (SSSR count). The van der Waals surface area contributed by atoms with E-state index in [1.54, 1.807) is 7.05 Å². The van der Waals surface area contributed by atoms with Gasteiger partial charge in [0, 0.05) is 41.4 Å². The van der Waals surface area contributed by atoms with Crippen LogP contribution in [0.4, 0.5) is 0 Å². The summed E-state index contributed by atoms with van der Waals surface area (Å²) in [7, 11) is 0.965. The van der Waals surface area contributed by atoms with Crippen molar-refractivity contribution < 1.29 is 4.21 Å². The largest absolute Gasteiger partial charge is 0.356 e. The Hall–Kier alpha value is 0.150. The molecule has 108 valence electrons. The molecule has 1 aliphatic carbocycles. The predicted octanol–water partition coefficient (Wildman–Crippen LogP) is 1.73. The second-order valence-electron chi connectivity index (χ2n) is 5.49. The molecule has 4 nitrogen and oxygen atoms in total. The van der Waals surface area contributed by atoms with Crippen LogP contribution in [-0.2, 0) is 10.8 Å². The third kappa shape index (κ3) is 7.56. The second kappa shape index (κ2) is 8.35. The first kappa shape index (κ1) is 18.1. The van der Waals surface area contributed by atoms with Crippen LogP contribution in [0.3, 0.4) is 0 Å². The maximum atomic E-state index is 11.8. The molecule has 0 aromatic carbocycles. The molecule has 1 fully saturated rings. The average molecular weight is 387 g/mol. The molecule has 0 aromatic heterocycles. The summed E-state index contributed by atoms with van der Waals surface area (Å²) < 4.78 is 11.7. The molecule has 0 aliphatic heterocycles. The van der Waals surface area contributed by atoms with Crippen LogP contribution >= 0.6 is 24.0 Å². The van der Waals surface area contributed by atoms with Crippen molar-refractivity contribution in [3.8, 4) is 0 Å². The monoisotopic (exact) mass is 387 g/mol. The van der Waals surface area contributed by atoms with E-state index in [0.717, 1.165) is 18.4 Å². The minimum atomic E-state index is -0.801. The molecule has 1 aliphatic rings. The van der Waals surface area contributed by atoms with E-state index in [-0.39, 0.29) is 28.7 Å². The Morgan fingerprint density at radius 1 is 1.33 bits per heavy atom. The van der Waals surface area contributed by atoms with Crippen molar-refractivity contribution in [3.63, 3.8) is 0 Å². The lowest BCUT2D eigenvalue weighted by Gasteiger charge is -2.18. The van der Waals surface area contributed by atoms with Crippen molar-refractivity contribution >= 4 is 40.7 Å². The maximum Gasteiger partial charge on any atom is 0.191 e. The Bertz CT molecular complexity index is 298. The van der Waals surface area contributed by atoms with Gasteiger partial charge < -0.3 is 10.6 Å². The number of hydrogen-bond acceptors (Lipinski definition) is 2. The number of nitrogens with zero attached hydrogens (tertiary/aromatic N) is 1. The molecule has 0 amide bonds. The topological polar surface area (TPSA) is 53.5 Å². The van der Waals surface area contributed by atoms with Gasteiger partial charge in [-0.1, -0.05) is 0 Å². The first-order valence-electron chi connectivity index (χ1n) is 6.26. The predicted molar refractivity (Wildman–Crippen MR) is 90.3 cm³/mol. The Morgan fingerprint density at radius 3 is 2.39 bits per heavy atom. The van der Waals surface area contributed by atoms with Gasteiger partial charge in [-0.15, -0.1) is 24.0 Å². The molecule has 1 unspecified atom stereocenters. The zero-order chi connectivity index (χ0) is 12.9. The van der Waals surface area contributed by atoms with E-state index in [1.165, 1.54) is 12.8 Å². The molecule has 0 radical (unpaired) electrons. The fourth-order valence-electron chi connectivity index (χ4n) is 1.35. The van der Waals surface area contributed by atoms with Crippen LogP contribution in [0.25, 0.3) is 0 Å². The van der Waals surface area contributed by atoms with Crippen LogP contribution < -0.4 is 10.6 Å². The fraction of sp³-hybridized carbons (Fsp3) is 0.917. The van der Waals surface area contributed by atoms with Crippen LogP contribution in [-0.4, -0.2) is 40.8 Å². The molecule has 18 heavy (non-hydrogen) atoms. The lowest BCUT2D eigenvalue weighted by molar-refractivity contribution is 0.646. The first-order chi connectivity index (χ1) is 7.93. The van der Waals surface area contributed by atoms with Gasteiger partial charge in [-0.2, -0.15) is 0 Å². The van der Waals surface area contributed by atoms with Crippen LogP contribution in [0.15, 0.2) is 4.99 Å². The highest BCUT2D eigenvalue weighted by atomic mass is 127. The first-order valence-corrected chi connectivity index (χ1v) is 7.58. The molecule has 2 N–H and O–H groups in total. The molecular formula is C12H26IN3OS. The molecule has 1 atom stereocenters. The lowest BCUT2D eigenvalue weighted by atomic mass is 10.3. The summed E-state index contributed by atoms with van der Waals surface area (Å²) in [5, 5.41) is 6.49. The fourth-order valence-corrected chi connectivity index (χ4v) is 2.25. The Kier molecular flexibility index (Phi) is 8.42. The molecule has 1 saturated carbocycles. The van der Waals surface area contributed by atoms with Gasteiger partial charge in [0.15, 0.2) is 5.96 Å². The van der Waals surface area contributed by atoms with E-state index in [2.05, 4.69) is 15.6 Å². The third-order valence-corrected chi connectivity index (χ3v) is 4.68. The molecule has 0 bridgehead atoms. The number of guanidine groups is 1. The van der Waals surface area contributed by atoms with Crippen LogP contribution in [0.2, 0.25) is 0 Å². The minimum absolute atomic E-state index is 0. The number of halogens is 1. The molecular weight excluding hydrogens is 361 g/mol. The molecule has 6 heteroatoms. The van der Waals surface area contributed by atoms with Crippen molar-refractivity contribution in [2.45, 2.75) is 38.4 Å². The van der Waals surface area contributed by atoms with Gasteiger partial charge in [-0.25, -0.2) is 0 Å². The standard InChI is InChI=1S/C12H25N3OS.HI/c1-12(2,3)17(16)8-7-14-11(13-4)15-9-10-5-6-10;/h10H,5-9H2,1-4H3,(H2,13,14,15);1H. The number of rotatable bonds is 5. The summed E-state index contributed by atoms with van der Waals surface area (Å²) in [6, 6.07) is 0. The summed E-state index contributed by atoms with van der Waals surface area (Å²) in [4.78, 5) is 4.14. The zero-order valence-corrected chi connectivity index (χ0v) is 14.9. The van der Waals surface area contributed by atoms with E-state index in [0.29, 0.717) is 12.3 Å². The van der Waals surface area contributed by atoms with Crippen molar-refractivity contribution in [3.05, 3.63) is 0 Å². The van der Waals surface area contributed by atoms with Crippen molar-refractivity contribution in [2.24, 2.45) is 10.9 Å². The number of hydrogen-bond donors (Lipinski definition) is 2. The average Bonchev–Trinajstić information content (AvgIpc) is 3.05. The van der Waals surface area contributed by atoms with E-state index in [1.807, 2.05) is 20.8 Å². The van der Waals surface area contributed by atoms with E-state index >= 15 is 0 Å². The third-order valence-electron chi connectivity index (χ3n) is 2.74. The normalized spacial score (nSPS) is 17.9. The van der Waals surface area contributed by atoms with Gasteiger partial charge in [-0.05, 0) is 39.5 Å². The highest BCUT2D eigenvalue weighted by Crippen LogP contribution is 2.27. The number of aliphatic imine (C=N–C) groups is 1. The van der Waals surface area contributed by atoms with Gasteiger partial charge in [0.1, 0.15) is 0 Å². The Balaban J connectivity index is 0.00000289. The minimum Gasteiger partial charge on any atom is -0.356 e. The smallest absolute Gasteiger partial charge is 0.191 e. The Morgan fingerprint density at radius 2 is 1.94 bits per heavy atom. The van der Waals surface area contributed by atoms with Gasteiger partial charge in [0.05, 0.1) is 0 Å². The molecule has 0 heterocycles. The SMILES string of the molecule is CN=C(NCCS(=O)C(C)(C)C)NCC1CC1.I. The van der Waals surface area contributed by atoms with E-state index in [4.69, 9.17) is 0 Å². The van der Waals surface area contributed by atoms with Crippen LogP contribution in [0, 0.1) is 5.92 Å². The molecule has 0 aromatic rings. The second-order valence-corrected chi connectivity index (χ2v) is 7.81. The highest BCUT2D eigenvalue weighted by molar-refractivity contribution is 14.0. The van der Waals surface area contributed by atoms with Crippen LogP contribution in [0.1, 0.15) is 33.6 Å². The van der Waals surface area contributed by atoms with Crippen molar-refractivity contribution in [1.29, 1.82) is 0 Å². The van der Waals surface area contributed by atoms with Gasteiger partial charge >= 0.3 is 0 Å². The van der Waals surface area contributed by atoms with Crippen molar-refractivity contribution in [1.82, 2.24) is 10.6 Å². The summed E-state index contributed by atoms with van der Waals surface area (Å²) in [6.45, 7) is 7.71. The molecule has 0 spiro atoms. The van der Waals surface area contributed by atoms with Gasteiger partial charge in [0.2, 0.25) is 0 Å². The summed E-state index contributed by atoms with van der Waals surface area (Å²) >= 11 is 0. The quantitative estimate of drug-likeness (QED) is 0.429. The maximum absolute atomic E-state index is 11.8. The zero-order valence-electron chi connectivity index (χ0n) is 11.8. The Labute approximate surface area is 130 Å². The highest BCUT2D eigenvalue weighted by Gasteiger charge is 2.21. The summed E-state index contributed by atoms with van der Waals surface area (Å²) in [5.74, 6) is 2.31. The van der Waals surface area contributed by atoms with E-state index < -0.39 is 10.8 Å². The lowest BCUT2D eigenvalue weighted by Crippen LogP contribution is -2.41. The van der Waals surface area contributed by atoms with Crippen molar-refractivity contribution in [2.75, 3.05) is 25.9 Å². The van der Waals surface area contributed by atoms with Crippen LogP contribution in [0.5, 0.6) is 0 Å². The van der Waals surface area contributed by atoms with Gasteiger partial charge in [-0.3, -0.25) is 9.20 Å². The van der Waals surface area contributed by atoms with E-state index in [9.17, 15) is 4.21 Å². The summed E-state index contributed by atoms with van der Waals surface area (Å²) in [5.41, 5.74) is 0. The molecule has 0 saturated heterocycles. The van der Waals surface area contributed by atoms with Gasteiger partial charge in [0.25, 0.3) is 0 Å². The number of nitrogens with one attached hydrogen (secondary N) is 2.